The van der Waals surface area contributed by atoms with Gasteiger partial charge in [-0.05, 0) is 40.0 Å². The second-order valence-electron chi connectivity index (χ2n) is 5.88. The highest BCUT2D eigenvalue weighted by Gasteiger charge is 2.24. The molecule has 0 aliphatic carbocycles. The number of hydrogen-bond acceptors (Lipinski definition) is 4. The molecule has 2 amide bonds. The first-order valence-corrected chi connectivity index (χ1v) is 7.40. The number of carbonyl (C=O) groups excluding carboxylic acids is 2. The van der Waals surface area contributed by atoms with Crippen LogP contribution in [0.5, 0.6) is 0 Å². The lowest BCUT2D eigenvalue weighted by Crippen LogP contribution is -2.44. The van der Waals surface area contributed by atoms with E-state index in [1.54, 1.807) is 31.1 Å². The lowest BCUT2D eigenvalue weighted by atomic mass is 9.93. The van der Waals surface area contributed by atoms with Gasteiger partial charge < -0.3 is 20.0 Å². The van der Waals surface area contributed by atoms with E-state index < -0.39 is 0 Å². The normalized spacial score (nSPS) is 10.8. The van der Waals surface area contributed by atoms with Crippen LogP contribution in [0.4, 0.5) is 0 Å². The van der Waals surface area contributed by atoms with Gasteiger partial charge in [-0.3, -0.25) is 9.59 Å². The van der Waals surface area contributed by atoms with Crippen molar-refractivity contribution >= 4 is 40.2 Å². The summed E-state index contributed by atoms with van der Waals surface area (Å²) in [6.45, 7) is 5.00. The molecule has 0 spiro atoms. The van der Waals surface area contributed by atoms with Gasteiger partial charge in [-0.15, -0.1) is 12.4 Å². The van der Waals surface area contributed by atoms with Crippen molar-refractivity contribution in [2.75, 3.05) is 33.7 Å². The Kier molecular flexibility index (Phi) is 8.14. The van der Waals surface area contributed by atoms with Crippen LogP contribution < -0.4 is 5.73 Å². The van der Waals surface area contributed by atoms with E-state index in [2.05, 4.69) is 15.9 Å². The number of rotatable bonds is 6. The Morgan fingerprint density at radius 2 is 1.86 bits per heavy atom. The third kappa shape index (κ3) is 5.98. The summed E-state index contributed by atoms with van der Waals surface area (Å²) in [5, 5.41) is 0. The smallest absolute Gasteiger partial charge is 0.289 e. The Labute approximate surface area is 145 Å². The van der Waals surface area contributed by atoms with Crippen LogP contribution in [0.15, 0.2) is 21.2 Å². The van der Waals surface area contributed by atoms with Crippen molar-refractivity contribution in [1.29, 1.82) is 0 Å². The summed E-state index contributed by atoms with van der Waals surface area (Å²) in [4.78, 5) is 27.1. The fourth-order valence-electron chi connectivity index (χ4n) is 1.81. The van der Waals surface area contributed by atoms with Crippen LogP contribution in [-0.2, 0) is 4.79 Å². The number of nitrogens with zero attached hydrogens (tertiary/aromatic N) is 2. The summed E-state index contributed by atoms with van der Waals surface area (Å²) in [7, 11) is 3.28. The summed E-state index contributed by atoms with van der Waals surface area (Å²) in [5.74, 6) is -0.277. The number of nitrogens with two attached hydrogens (primary N) is 1. The topological polar surface area (TPSA) is 79.8 Å². The van der Waals surface area contributed by atoms with Gasteiger partial charge in [0.05, 0.1) is 6.54 Å². The number of halogens is 2. The highest BCUT2D eigenvalue weighted by molar-refractivity contribution is 9.10. The lowest BCUT2D eigenvalue weighted by molar-refractivity contribution is -0.131. The van der Waals surface area contributed by atoms with Gasteiger partial charge in [0.25, 0.3) is 5.91 Å². The average molecular weight is 397 g/mol. The maximum absolute atomic E-state index is 12.1. The quantitative estimate of drug-likeness (QED) is 0.797. The second kappa shape index (κ2) is 8.55. The molecular weight excluding hydrogens is 374 g/mol. The van der Waals surface area contributed by atoms with Crippen LogP contribution in [0.25, 0.3) is 0 Å². The molecule has 126 valence electrons. The average Bonchev–Trinajstić information content (AvgIpc) is 2.83. The molecule has 0 saturated heterocycles. The predicted octanol–water partition coefficient (Wildman–Crippen LogP) is 1.98. The molecule has 0 aliphatic heterocycles. The lowest BCUT2D eigenvalue weighted by Gasteiger charge is -2.30. The van der Waals surface area contributed by atoms with E-state index in [-0.39, 0.29) is 41.9 Å². The number of carbonyl (C=O) groups is 2. The maximum Gasteiger partial charge on any atom is 0.289 e. The van der Waals surface area contributed by atoms with Crippen molar-refractivity contribution < 1.29 is 14.0 Å². The summed E-state index contributed by atoms with van der Waals surface area (Å²) >= 11 is 3.14. The van der Waals surface area contributed by atoms with Crippen LogP contribution >= 0.6 is 28.3 Å². The number of hydrogen-bond donors (Lipinski definition) is 1. The zero-order valence-corrected chi connectivity index (χ0v) is 15.7. The largest absolute Gasteiger partial charge is 0.444 e. The molecule has 1 rings (SSSR count). The molecule has 0 radical (unpaired) electrons. The van der Waals surface area contributed by atoms with Crippen LogP contribution in [0.2, 0.25) is 0 Å². The molecule has 1 aromatic rings. The van der Waals surface area contributed by atoms with Crippen LogP contribution in [0, 0.1) is 5.41 Å². The minimum Gasteiger partial charge on any atom is -0.444 e. The molecule has 22 heavy (non-hydrogen) atoms. The fraction of sp³-hybridized carbons (Fsp3) is 0.571. The van der Waals surface area contributed by atoms with Crippen LogP contribution in [0.3, 0.4) is 0 Å². The van der Waals surface area contributed by atoms with Crippen molar-refractivity contribution in [2.24, 2.45) is 11.1 Å². The molecule has 0 unspecified atom stereocenters. The summed E-state index contributed by atoms with van der Waals surface area (Å²) < 4.78 is 5.67. The van der Waals surface area contributed by atoms with Gasteiger partial charge in [0, 0.05) is 20.6 Å². The van der Waals surface area contributed by atoms with Crippen LogP contribution in [-0.4, -0.2) is 55.3 Å². The Hall–Kier alpha value is -1.05. The summed E-state index contributed by atoms with van der Waals surface area (Å²) in [6, 6.07) is 3.20. The van der Waals surface area contributed by atoms with Crippen LogP contribution in [0.1, 0.15) is 24.4 Å². The zero-order valence-electron chi connectivity index (χ0n) is 13.3. The molecule has 0 saturated carbocycles. The summed E-state index contributed by atoms with van der Waals surface area (Å²) in [6.07, 6.45) is 0. The molecule has 1 aromatic heterocycles. The van der Waals surface area contributed by atoms with E-state index in [0.717, 1.165) is 0 Å². The van der Waals surface area contributed by atoms with Gasteiger partial charge >= 0.3 is 0 Å². The molecule has 0 atom stereocenters. The standard InChI is InChI=1S/C14H22BrN3O3.ClH/c1-14(2,8-16)9-18(4)12(19)7-17(3)13(20)10-5-6-11(15)21-10;/h5-6H,7-9,16H2,1-4H3;1H. The Bertz CT molecular complexity index is 519. The minimum absolute atomic E-state index is 0. The van der Waals surface area contributed by atoms with Gasteiger partial charge in [-0.2, -0.15) is 0 Å². The first-order valence-electron chi connectivity index (χ1n) is 6.61. The Morgan fingerprint density at radius 1 is 1.27 bits per heavy atom. The molecule has 0 fully saturated rings. The molecule has 2 N–H and O–H groups in total. The Balaban J connectivity index is 0.00000441. The van der Waals surface area contributed by atoms with Gasteiger partial charge in [0.15, 0.2) is 10.4 Å². The third-order valence-corrected chi connectivity index (χ3v) is 3.57. The van der Waals surface area contributed by atoms with Gasteiger partial charge in [-0.1, -0.05) is 13.8 Å². The number of furan rings is 1. The van der Waals surface area contributed by atoms with Gasteiger partial charge in [0.2, 0.25) is 5.91 Å². The molecule has 6 nitrogen and oxygen atoms in total. The van der Waals surface area contributed by atoms with Crippen molar-refractivity contribution in [3.63, 3.8) is 0 Å². The van der Waals surface area contributed by atoms with Gasteiger partial charge in [-0.25, -0.2) is 0 Å². The van der Waals surface area contributed by atoms with E-state index in [1.165, 1.54) is 4.90 Å². The number of amides is 2. The van der Waals surface area contributed by atoms with Crippen molar-refractivity contribution in [2.45, 2.75) is 13.8 Å². The first kappa shape index (κ1) is 20.9. The maximum atomic E-state index is 12.1. The summed E-state index contributed by atoms with van der Waals surface area (Å²) in [5.41, 5.74) is 5.51. The number of likely N-dealkylation sites (N-methyl/N-ethyl adjacent to an activating group) is 2. The van der Waals surface area contributed by atoms with Crippen molar-refractivity contribution in [3.05, 3.63) is 22.6 Å². The predicted molar refractivity (Wildman–Crippen MR) is 91.1 cm³/mol. The highest BCUT2D eigenvalue weighted by Crippen LogP contribution is 2.16. The molecule has 0 aliphatic rings. The van der Waals surface area contributed by atoms with E-state index in [0.29, 0.717) is 17.8 Å². The molecule has 1 heterocycles. The van der Waals surface area contributed by atoms with Crippen molar-refractivity contribution in [3.8, 4) is 0 Å². The van der Waals surface area contributed by atoms with E-state index in [4.69, 9.17) is 10.2 Å². The van der Waals surface area contributed by atoms with E-state index >= 15 is 0 Å². The Morgan fingerprint density at radius 3 is 2.32 bits per heavy atom. The van der Waals surface area contributed by atoms with E-state index in [9.17, 15) is 9.59 Å². The van der Waals surface area contributed by atoms with Crippen molar-refractivity contribution in [1.82, 2.24) is 9.80 Å². The fourth-order valence-corrected chi connectivity index (χ4v) is 2.11. The zero-order chi connectivity index (χ0) is 16.2. The molecule has 8 heteroatoms. The van der Waals surface area contributed by atoms with Gasteiger partial charge in [0.1, 0.15) is 0 Å². The third-order valence-electron chi connectivity index (χ3n) is 3.15. The monoisotopic (exact) mass is 395 g/mol. The SMILES string of the molecule is CN(CC(C)(C)CN)C(=O)CN(C)C(=O)c1ccc(Br)o1.Cl. The molecule has 0 aromatic carbocycles. The molecule has 0 bridgehead atoms. The highest BCUT2D eigenvalue weighted by atomic mass is 79.9. The molecular formula is C14H23BrClN3O3. The second-order valence-corrected chi connectivity index (χ2v) is 6.66. The first-order chi connectivity index (χ1) is 9.66. The minimum atomic E-state index is -0.333. The van der Waals surface area contributed by atoms with E-state index in [1.807, 2.05) is 13.8 Å².